The number of fused-ring (bicyclic) bond motifs is 1. The van der Waals surface area contributed by atoms with Crippen LogP contribution in [0.1, 0.15) is 29.5 Å². The minimum Gasteiger partial charge on any atom is -0.478 e. The Bertz CT molecular complexity index is 423. The van der Waals surface area contributed by atoms with E-state index in [9.17, 15) is 4.79 Å². The van der Waals surface area contributed by atoms with Crippen LogP contribution >= 0.6 is 0 Å². The molecule has 3 nitrogen and oxygen atoms in total. The maximum absolute atomic E-state index is 11.0. The minimum absolute atomic E-state index is 0.0719. The molecule has 0 aromatic heterocycles. The van der Waals surface area contributed by atoms with Crippen molar-refractivity contribution >= 4 is 5.97 Å². The average Bonchev–Trinajstić information content (AvgIpc) is 2.51. The summed E-state index contributed by atoms with van der Waals surface area (Å²) in [6, 6.07) is 3.98. The molecule has 3 heteroatoms. The van der Waals surface area contributed by atoms with Gasteiger partial charge in [-0.25, -0.2) is 4.79 Å². The van der Waals surface area contributed by atoms with Crippen LogP contribution in [0, 0.1) is 13.8 Å². The standard InChI is InChI=1S/C12H14O3/c1-6-4-5-7(2)10-9(6)8(3)11(15-10)12(13)14/h4-5,8,11H,1-3H3,(H,13,14)/t8?,11-/m0/s1. The summed E-state index contributed by atoms with van der Waals surface area (Å²) in [5.74, 6) is -0.204. The fourth-order valence-corrected chi connectivity index (χ4v) is 2.17. The van der Waals surface area contributed by atoms with Crippen LogP contribution in [0.2, 0.25) is 0 Å². The molecule has 1 unspecified atom stereocenters. The number of aryl methyl sites for hydroxylation is 2. The number of rotatable bonds is 1. The van der Waals surface area contributed by atoms with E-state index < -0.39 is 12.1 Å². The Morgan fingerprint density at radius 2 is 1.93 bits per heavy atom. The Morgan fingerprint density at radius 1 is 1.33 bits per heavy atom. The van der Waals surface area contributed by atoms with Gasteiger partial charge in [-0.1, -0.05) is 19.1 Å². The van der Waals surface area contributed by atoms with E-state index in [0.717, 1.165) is 22.4 Å². The van der Waals surface area contributed by atoms with Gasteiger partial charge in [0, 0.05) is 11.5 Å². The highest BCUT2D eigenvalue weighted by Crippen LogP contribution is 2.42. The smallest absolute Gasteiger partial charge is 0.345 e. The van der Waals surface area contributed by atoms with E-state index in [2.05, 4.69) is 0 Å². The zero-order valence-electron chi connectivity index (χ0n) is 9.07. The molecule has 1 aliphatic rings. The normalized spacial score (nSPS) is 23.4. The third-order valence-corrected chi connectivity index (χ3v) is 3.01. The molecule has 1 heterocycles. The summed E-state index contributed by atoms with van der Waals surface area (Å²) in [6.07, 6.45) is -0.736. The number of benzene rings is 1. The zero-order chi connectivity index (χ0) is 11.2. The van der Waals surface area contributed by atoms with Gasteiger partial charge in [-0.2, -0.15) is 0 Å². The summed E-state index contributed by atoms with van der Waals surface area (Å²) in [5.41, 5.74) is 3.15. The predicted octanol–water partition coefficient (Wildman–Crippen LogP) is 2.25. The number of carboxylic acids is 1. The van der Waals surface area contributed by atoms with Crippen molar-refractivity contribution in [2.45, 2.75) is 32.8 Å². The van der Waals surface area contributed by atoms with Gasteiger partial charge in [-0.05, 0) is 25.0 Å². The Kier molecular flexibility index (Phi) is 2.18. The lowest BCUT2D eigenvalue weighted by molar-refractivity contribution is -0.145. The first-order valence-electron chi connectivity index (χ1n) is 5.02. The molecule has 0 saturated carbocycles. The average molecular weight is 206 g/mol. The summed E-state index contributed by atoms with van der Waals surface area (Å²) >= 11 is 0. The van der Waals surface area contributed by atoms with Crippen molar-refractivity contribution in [3.8, 4) is 5.75 Å². The van der Waals surface area contributed by atoms with Crippen LogP contribution < -0.4 is 4.74 Å². The Morgan fingerprint density at radius 3 is 2.47 bits per heavy atom. The van der Waals surface area contributed by atoms with E-state index in [-0.39, 0.29) is 5.92 Å². The monoisotopic (exact) mass is 206 g/mol. The number of carbonyl (C=O) groups is 1. The second kappa shape index (κ2) is 3.26. The Hall–Kier alpha value is -1.51. The van der Waals surface area contributed by atoms with Crippen molar-refractivity contribution in [1.82, 2.24) is 0 Å². The highest BCUT2D eigenvalue weighted by molar-refractivity contribution is 5.76. The van der Waals surface area contributed by atoms with Gasteiger partial charge in [0.15, 0.2) is 0 Å². The summed E-state index contributed by atoms with van der Waals surface area (Å²) in [6.45, 7) is 5.83. The van der Waals surface area contributed by atoms with E-state index >= 15 is 0 Å². The minimum atomic E-state index is -0.891. The number of aliphatic carboxylic acids is 1. The Labute approximate surface area is 88.7 Å². The molecule has 15 heavy (non-hydrogen) atoms. The lowest BCUT2D eigenvalue weighted by Gasteiger charge is -2.09. The topological polar surface area (TPSA) is 46.5 Å². The predicted molar refractivity (Wildman–Crippen MR) is 56.4 cm³/mol. The third-order valence-electron chi connectivity index (χ3n) is 3.01. The van der Waals surface area contributed by atoms with Gasteiger partial charge < -0.3 is 9.84 Å². The fourth-order valence-electron chi connectivity index (χ4n) is 2.17. The first kappa shape index (κ1) is 10.0. The van der Waals surface area contributed by atoms with Crippen molar-refractivity contribution in [1.29, 1.82) is 0 Å². The second-order valence-electron chi connectivity index (χ2n) is 4.11. The van der Waals surface area contributed by atoms with Crippen molar-refractivity contribution < 1.29 is 14.6 Å². The fraction of sp³-hybridized carbons (Fsp3) is 0.417. The van der Waals surface area contributed by atoms with Gasteiger partial charge in [-0.3, -0.25) is 0 Å². The van der Waals surface area contributed by atoms with Crippen molar-refractivity contribution in [2.75, 3.05) is 0 Å². The first-order chi connectivity index (χ1) is 7.02. The zero-order valence-corrected chi connectivity index (χ0v) is 9.07. The van der Waals surface area contributed by atoms with Gasteiger partial charge in [-0.15, -0.1) is 0 Å². The summed E-state index contributed by atoms with van der Waals surface area (Å²) in [5, 5.41) is 9.01. The third kappa shape index (κ3) is 1.39. The molecule has 1 N–H and O–H groups in total. The van der Waals surface area contributed by atoms with Crippen LogP contribution in [-0.4, -0.2) is 17.2 Å². The van der Waals surface area contributed by atoms with Gasteiger partial charge in [0.1, 0.15) is 5.75 Å². The molecule has 0 bridgehead atoms. The van der Waals surface area contributed by atoms with Gasteiger partial charge in [0.2, 0.25) is 6.10 Å². The molecule has 1 aliphatic heterocycles. The maximum Gasteiger partial charge on any atom is 0.345 e. The molecule has 0 fully saturated rings. The van der Waals surface area contributed by atoms with Crippen LogP contribution in [-0.2, 0) is 4.79 Å². The maximum atomic E-state index is 11.0. The number of hydrogen-bond acceptors (Lipinski definition) is 2. The SMILES string of the molecule is Cc1ccc(C)c2c1O[C@H](C(=O)O)C2C. The lowest BCUT2D eigenvalue weighted by atomic mass is 9.92. The molecule has 0 radical (unpaired) electrons. The van der Waals surface area contributed by atoms with Crippen LogP contribution in [0.4, 0.5) is 0 Å². The molecule has 2 atom stereocenters. The van der Waals surface area contributed by atoms with Gasteiger partial charge >= 0.3 is 5.97 Å². The molecule has 0 saturated heterocycles. The first-order valence-corrected chi connectivity index (χ1v) is 5.02. The van der Waals surface area contributed by atoms with Crippen molar-refractivity contribution in [3.63, 3.8) is 0 Å². The van der Waals surface area contributed by atoms with E-state index in [0.29, 0.717) is 0 Å². The van der Waals surface area contributed by atoms with Crippen LogP contribution in [0.15, 0.2) is 12.1 Å². The quantitative estimate of drug-likeness (QED) is 0.766. The molecule has 1 aromatic carbocycles. The molecule has 0 spiro atoms. The highest BCUT2D eigenvalue weighted by Gasteiger charge is 2.38. The molecule has 0 amide bonds. The number of hydrogen-bond donors (Lipinski definition) is 1. The van der Waals surface area contributed by atoms with Crippen LogP contribution in [0.3, 0.4) is 0 Å². The molecular formula is C12H14O3. The van der Waals surface area contributed by atoms with Crippen LogP contribution in [0.25, 0.3) is 0 Å². The summed E-state index contributed by atoms with van der Waals surface area (Å²) < 4.78 is 5.49. The molecule has 0 aliphatic carbocycles. The van der Waals surface area contributed by atoms with E-state index in [1.807, 2.05) is 32.9 Å². The highest BCUT2D eigenvalue weighted by atomic mass is 16.5. The summed E-state index contributed by atoms with van der Waals surface area (Å²) in [4.78, 5) is 11.0. The van der Waals surface area contributed by atoms with E-state index in [1.165, 1.54) is 0 Å². The molecule has 2 rings (SSSR count). The molecule has 80 valence electrons. The second-order valence-corrected chi connectivity index (χ2v) is 4.11. The van der Waals surface area contributed by atoms with E-state index in [4.69, 9.17) is 9.84 Å². The van der Waals surface area contributed by atoms with Gasteiger partial charge in [0.05, 0.1) is 0 Å². The van der Waals surface area contributed by atoms with Crippen LogP contribution in [0.5, 0.6) is 5.75 Å². The van der Waals surface area contributed by atoms with Crippen molar-refractivity contribution in [3.05, 3.63) is 28.8 Å². The number of ether oxygens (including phenoxy) is 1. The summed E-state index contributed by atoms with van der Waals surface area (Å²) in [7, 11) is 0. The van der Waals surface area contributed by atoms with Gasteiger partial charge in [0.25, 0.3) is 0 Å². The number of carboxylic acid groups (broad SMARTS) is 1. The molecule has 1 aromatic rings. The Balaban J connectivity index is 2.53. The largest absolute Gasteiger partial charge is 0.478 e. The lowest BCUT2D eigenvalue weighted by Crippen LogP contribution is -2.27. The van der Waals surface area contributed by atoms with Crippen molar-refractivity contribution in [2.24, 2.45) is 0 Å². The molecular weight excluding hydrogens is 192 g/mol. The van der Waals surface area contributed by atoms with E-state index in [1.54, 1.807) is 0 Å².